The first-order valence-electron chi connectivity index (χ1n) is 6.13. The molecule has 2 atom stereocenters. The molecule has 0 aliphatic carbocycles. The second-order valence-corrected chi connectivity index (χ2v) is 8.67. The molecule has 0 bridgehead atoms. The van der Waals surface area contributed by atoms with E-state index < -0.39 is 17.3 Å². The van der Waals surface area contributed by atoms with Gasteiger partial charge in [0.05, 0.1) is 11.6 Å². The zero-order valence-electron chi connectivity index (χ0n) is 11.9. The highest BCUT2D eigenvalue weighted by Crippen LogP contribution is 2.32. The molecule has 0 spiro atoms. The largest absolute Gasteiger partial charge is 0.598 e. The summed E-state index contributed by atoms with van der Waals surface area (Å²) in [4.78, 5) is 11.9. The maximum Gasteiger partial charge on any atom is 0.336 e. The van der Waals surface area contributed by atoms with Crippen molar-refractivity contribution in [2.24, 2.45) is 5.92 Å². The van der Waals surface area contributed by atoms with E-state index in [9.17, 15) is 14.5 Å². The van der Waals surface area contributed by atoms with Crippen LogP contribution in [0.15, 0.2) is 11.4 Å². The molecular weight excluding hydrogens is 282 g/mol. The van der Waals surface area contributed by atoms with Gasteiger partial charge in [0.15, 0.2) is 0 Å². The van der Waals surface area contributed by atoms with Crippen molar-refractivity contribution in [3.63, 3.8) is 0 Å². The van der Waals surface area contributed by atoms with Crippen LogP contribution in [0.25, 0.3) is 0 Å². The van der Waals surface area contributed by atoms with Crippen LogP contribution in [0, 0.1) is 5.92 Å². The summed E-state index contributed by atoms with van der Waals surface area (Å²) < 4.78 is 14.9. The third-order valence-electron chi connectivity index (χ3n) is 2.66. The quantitative estimate of drug-likeness (QED) is 0.819. The Kier molecular flexibility index (Phi) is 5.43. The molecule has 0 aromatic carbocycles. The van der Waals surface area contributed by atoms with Crippen molar-refractivity contribution in [2.45, 2.75) is 45.4 Å². The van der Waals surface area contributed by atoms with Crippen LogP contribution in [-0.4, -0.2) is 20.4 Å². The number of thiophene rings is 1. The van der Waals surface area contributed by atoms with E-state index in [-0.39, 0.29) is 16.7 Å². The fourth-order valence-electron chi connectivity index (χ4n) is 1.52. The standard InChI is InChI=1S/C13H21NO3S2/c1-8(2)10(14-19(17)13(3,4)5)11-9(12(15)16)6-7-18-11/h6-8,10,14H,1-5H3,(H,15,16)/t10-,19-/m1/s1. The molecule has 0 aliphatic rings. The van der Waals surface area contributed by atoms with Crippen molar-refractivity contribution in [2.75, 3.05) is 0 Å². The van der Waals surface area contributed by atoms with Gasteiger partial charge in [-0.3, -0.25) is 0 Å². The van der Waals surface area contributed by atoms with Crippen LogP contribution >= 0.6 is 11.3 Å². The highest BCUT2D eigenvalue weighted by atomic mass is 32.2. The first kappa shape index (κ1) is 16.5. The SMILES string of the molecule is CC(C)[C@@H](N[S@+]([O-])C(C)(C)C)c1sccc1C(=O)O. The molecule has 0 unspecified atom stereocenters. The van der Waals surface area contributed by atoms with Gasteiger partial charge in [0.25, 0.3) is 0 Å². The molecule has 0 fully saturated rings. The summed E-state index contributed by atoms with van der Waals surface area (Å²) in [6, 6.07) is 1.38. The van der Waals surface area contributed by atoms with Gasteiger partial charge in [-0.25, -0.2) is 4.79 Å². The number of carboxylic acids is 1. The maximum atomic E-state index is 12.2. The number of carboxylic acid groups (broad SMARTS) is 1. The van der Waals surface area contributed by atoms with Gasteiger partial charge >= 0.3 is 5.97 Å². The van der Waals surface area contributed by atoms with E-state index in [1.807, 2.05) is 34.6 Å². The summed E-state index contributed by atoms with van der Waals surface area (Å²) >= 11 is 0.159. The van der Waals surface area contributed by atoms with E-state index >= 15 is 0 Å². The van der Waals surface area contributed by atoms with E-state index in [1.165, 1.54) is 11.3 Å². The summed E-state index contributed by atoms with van der Waals surface area (Å²) in [7, 11) is 0. The molecule has 0 amide bonds. The second-order valence-electron chi connectivity index (χ2n) is 5.72. The Balaban J connectivity index is 3.02. The molecule has 4 nitrogen and oxygen atoms in total. The summed E-state index contributed by atoms with van der Waals surface area (Å²) in [6.07, 6.45) is 0. The highest BCUT2D eigenvalue weighted by Gasteiger charge is 2.33. The van der Waals surface area contributed by atoms with Gasteiger partial charge in [-0.15, -0.1) is 16.1 Å². The van der Waals surface area contributed by atoms with E-state index in [1.54, 1.807) is 11.4 Å². The molecule has 1 aromatic rings. The average molecular weight is 303 g/mol. The average Bonchev–Trinajstić information content (AvgIpc) is 2.71. The van der Waals surface area contributed by atoms with Gasteiger partial charge < -0.3 is 9.66 Å². The number of aromatic carboxylic acids is 1. The van der Waals surface area contributed by atoms with Crippen molar-refractivity contribution >= 4 is 28.7 Å². The maximum absolute atomic E-state index is 12.2. The Morgan fingerprint density at radius 3 is 2.47 bits per heavy atom. The molecule has 0 saturated heterocycles. The van der Waals surface area contributed by atoms with E-state index in [2.05, 4.69) is 4.72 Å². The molecule has 1 heterocycles. The van der Waals surface area contributed by atoms with E-state index in [0.717, 1.165) is 4.88 Å². The van der Waals surface area contributed by atoms with Gasteiger partial charge in [0.1, 0.15) is 4.75 Å². The van der Waals surface area contributed by atoms with Gasteiger partial charge in [-0.1, -0.05) is 13.8 Å². The van der Waals surface area contributed by atoms with Crippen LogP contribution in [-0.2, 0) is 11.4 Å². The Morgan fingerprint density at radius 1 is 1.47 bits per heavy atom. The zero-order valence-corrected chi connectivity index (χ0v) is 13.5. The Bertz CT molecular complexity index is 437. The normalized spacial score (nSPS) is 15.5. The topological polar surface area (TPSA) is 72.4 Å². The minimum absolute atomic E-state index is 0.156. The minimum atomic E-state index is -1.23. The number of nitrogens with one attached hydrogen (secondary N) is 1. The predicted octanol–water partition coefficient (Wildman–Crippen LogP) is 3.20. The van der Waals surface area contributed by atoms with Gasteiger partial charge in [-0.2, -0.15) is 0 Å². The zero-order chi connectivity index (χ0) is 14.8. The molecule has 0 saturated carbocycles. The van der Waals surface area contributed by atoms with Gasteiger partial charge in [0.2, 0.25) is 0 Å². The fourth-order valence-corrected chi connectivity index (χ4v) is 3.68. The Labute approximate surface area is 121 Å². The third-order valence-corrected chi connectivity index (χ3v) is 5.25. The molecular formula is C13H21NO3S2. The van der Waals surface area contributed by atoms with E-state index in [4.69, 9.17) is 0 Å². The lowest BCUT2D eigenvalue weighted by Crippen LogP contribution is -2.42. The lowest BCUT2D eigenvalue weighted by molar-refractivity contribution is 0.0695. The van der Waals surface area contributed by atoms with Crippen LogP contribution in [0.2, 0.25) is 0 Å². The first-order valence-corrected chi connectivity index (χ1v) is 8.16. The van der Waals surface area contributed by atoms with Gasteiger partial charge in [0, 0.05) is 16.2 Å². The van der Waals surface area contributed by atoms with Crippen LogP contribution in [0.1, 0.15) is 55.9 Å². The fraction of sp³-hybridized carbons (Fsp3) is 0.615. The first-order chi connectivity index (χ1) is 8.64. The van der Waals surface area contributed by atoms with Crippen molar-refractivity contribution in [1.82, 2.24) is 4.72 Å². The van der Waals surface area contributed by atoms with Crippen LogP contribution < -0.4 is 4.72 Å². The monoisotopic (exact) mass is 303 g/mol. The molecule has 0 aliphatic heterocycles. The van der Waals surface area contributed by atoms with E-state index in [0.29, 0.717) is 5.56 Å². The summed E-state index contributed by atoms with van der Waals surface area (Å²) in [6.45, 7) is 9.64. The molecule has 108 valence electrons. The minimum Gasteiger partial charge on any atom is -0.598 e. The highest BCUT2D eigenvalue weighted by molar-refractivity contribution is 7.90. The molecule has 6 heteroatoms. The van der Waals surface area contributed by atoms with Crippen molar-refractivity contribution in [1.29, 1.82) is 0 Å². The summed E-state index contributed by atoms with van der Waals surface area (Å²) in [5.74, 6) is -0.784. The van der Waals surface area contributed by atoms with Crippen LogP contribution in [0.4, 0.5) is 0 Å². The molecule has 0 radical (unpaired) electrons. The van der Waals surface area contributed by atoms with Crippen molar-refractivity contribution in [3.8, 4) is 0 Å². The predicted molar refractivity (Wildman–Crippen MR) is 79.9 cm³/mol. The third kappa shape index (κ3) is 4.21. The van der Waals surface area contributed by atoms with Crippen molar-refractivity contribution in [3.05, 3.63) is 21.9 Å². The van der Waals surface area contributed by atoms with Gasteiger partial charge in [-0.05, 0) is 38.1 Å². The molecule has 2 N–H and O–H groups in total. The Morgan fingerprint density at radius 2 is 2.05 bits per heavy atom. The van der Waals surface area contributed by atoms with Crippen LogP contribution in [0.5, 0.6) is 0 Å². The molecule has 1 rings (SSSR count). The smallest absolute Gasteiger partial charge is 0.336 e. The lowest BCUT2D eigenvalue weighted by atomic mass is 10.0. The van der Waals surface area contributed by atoms with Crippen molar-refractivity contribution < 1.29 is 14.5 Å². The Hall–Kier alpha value is -0.560. The molecule has 1 aromatic heterocycles. The number of hydrogen-bond acceptors (Lipinski definition) is 4. The number of hydrogen-bond donors (Lipinski definition) is 2. The molecule has 19 heavy (non-hydrogen) atoms. The number of rotatable bonds is 5. The summed E-state index contributed by atoms with van der Waals surface area (Å²) in [5.41, 5.74) is 0.294. The number of carbonyl (C=O) groups is 1. The second kappa shape index (κ2) is 6.26. The van der Waals surface area contributed by atoms with Crippen LogP contribution in [0.3, 0.4) is 0 Å². The summed E-state index contributed by atoms with van der Waals surface area (Å²) in [5, 5.41) is 10.9. The lowest BCUT2D eigenvalue weighted by Gasteiger charge is -2.29.